The van der Waals surface area contributed by atoms with Crippen LogP contribution in [0.5, 0.6) is 0 Å². The van der Waals surface area contributed by atoms with Crippen LogP contribution in [0.25, 0.3) is 0 Å². The van der Waals surface area contributed by atoms with E-state index in [0.717, 1.165) is 6.42 Å². The van der Waals surface area contributed by atoms with Crippen LogP contribution >= 0.6 is 11.8 Å². The number of carbonyl (C=O) groups excluding carboxylic acids is 1. The smallest absolute Gasteiger partial charge is 0.319 e. The highest BCUT2D eigenvalue weighted by molar-refractivity contribution is 8.00. The molecular formula is C14H20N2O2S2. The van der Waals surface area contributed by atoms with Crippen molar-refractivity contribution in [2.45, 2.75) is 29.4 Å². The lowest BCUT2D eigenvalue weighted by Crippen LogP contribution is -2.39. The number of thioether (sulfide) groups is 1. The second-order valence-electron chi connectivity index (χ2n) is 5.19. The van der Waals surface area contributed by atoms with Crippen LogP contribution in [0.4, 0.5) is 10.5 Å². The Morgan fingerprint density at radius 3 is 2.95 bits per heavy atom. The van der Waals surface area contributed by atoms with Gasteiger partial charge in [-0.3, -0.25) is 4.21 Å². The molecule has 0 saturated carbocycles. The van der Waals surface area contributed by atoms with Gasteiger partial charge >= 0.3 is 6.03 Å². The van der Waals surface area contributed by atoms with Crippen molar-refractivity contribution in [3.8, 4) is 0 Å². The van der Waals surface area contributed by atoms with E-state index >= 15 is 0 Å². The van der Waals surface area contributed by atoms with Crippen molar-refractivity contribution >= 4 is 34.3 Å². The molecule has 1 aromatic rings. The van der Waals surface area contributed by atoms with E-state index in [0.29, 0.717) is 17.1 Å². The Labute approximate surface area is 126 Å². The summed E-state index contributed by atoms with van der Waals surface area (Å²) in [6, 6.07) is 6.90. The van der Waals surface area contributed by atoms with Crippen LogP contribution in [-0.4, -0.2) is 33.5 Å². The molecule has 2 atom stereocenters. The first-order valence-corrected chi connectivity index (χ1v) is 9.15. The van der Waals surface area contributed by atoms with Crippen LogP contribution in [0, 0.1) is 0 Å². The molecule has 1 aliphatic heterocycles. The Kier molecular flexibility index (Phi) is 5.10. The lowest BCUT2D eigenvalue weighted by molar-refractivity contribution is 0.251. The maximum absolute atomic E-state index is 11.9. The van der Waals surface area contributed by atoms with E-state index in [-0.39, 0.29) is 10.8 Å². The van der Waals surface area contributed by atoms with Crippen LogP contribution < -0.4 is 10.6 Å². The number of hydrogen-bond acceptors (Lipinski definition) is 3. The molecule has 110 valence electrons. The van der Waals surface area contributed by atoms with Crippen LogP contribution in [0.3, 0.4) is 0 Å². The molecule has 2 rings (SSSR count). The molecule has 1 saturated heterocycles. The number of nitrogens with one attached hydrogen (secondary N) is 2. The third kappa shape index (κ3) is 4.24. The van der Waals surface area contributed by atoms with E-state index in [9.17, 15) is 9.00 Å². The zero-order valence-electron chi connectivity index (χ0n) is 11.8. The van der Waals surface area contributed by atoms with Crippen molar-refractivity contribution in [1.29, 1.82) is 0 Å². The fourth-order valence-corrected chi connectivity index (χ4v) is 3.98. The van der Waals surface area contributed by atoms with Gasteiger partial charge in [0, 0.05) is 38.9 Å². The summed E-state index contributed by atoms with van der Waals surface area (Å²) in [6.07, 6.45) is 3.98. The van der Waals surface area contributed by atoms with E-state index in [2.05, 4.69) is 17.6 Å². The van der Waals surface area contributed by atoms with Crippen molar-refractivity contribution in [1.82, 2.24) is 5.32 Å². The van der Waals surface area contributed by atoms with Crippen molar-refractivity contribution in [3.05, 3.63) is 24.3 Å². The normalized spacial score (nSPS) is 23.3. The maximum atomic E-state index is 11.9. The molecule has 0 bridgehead atoms. The zero-order chi connectivity index (χ0) is 14.6. The molecule has 1 aliphatic rings. The lowest BCUT2D eigenvalue weighted by Gasteiger charge is -2.22. The van der Waals surface area contributed by atoms with Crippen LogP contribution in [0.2, 0.25) is 0 Å². The number of urea groups is 1. The van der Waals surface area contributed by atoms with E-state index < -0.39 is 10.8 Å². The summed E-state index contributed by atoms with van der Waals surface area (Å²) in [6.45, 7) is 2.86. The van der Waals surface area contributed by atoms with Gasteiger partial charge in [0.15, 0.2) is 0 Å². The third-order valence-corrected chi connectivity index (χ3v) is 5.80. The van der Waals surface area contributed by atoms with E-state index in [1.165, 1.54) is 12.2 Å². The Morgan fingerprint density at radius 1 is 1.50 bits per heavy atom. The minimum atomic E-state index is -1.04. The molecule has 6 heteroatoms. The summed E-state index contributed by atoms with van der Waals surface area (Å²) < 4.78 is 11.6. The quantitative estimate of drug-likeness (QED) is 0.899. The number of hydrogen-bond donors (Lipinski definition) is 2. The summed E-state index contributed by atoms with van der Waals surface area (Å²) in [7, 11) is -1.04. The Bertz CT molecular complexity index is 514. The summed E-state index contributed by atoms with van der Waals surface area (Å²) in [4.78, 5) is 12.6. The van der Waals surface area contributed by atoms with Crippen LogP contribution in [-0.2, 0) is 10.8 Å². The molecule has 0 radical (unpaired) electrons. The zero-order valence-corrected chi connectivity index (χ0v) is 13.4. The summed E-state index contributed by atoms with van der Waals surface area (Å²) in [5.74, 6) is 1.17. The first-order chi connectivity index (χ1) is 9.48. The Hall–Kier alpha value is -1.01. The third-order valence-electron chi connectivity index (χ3n) is 3.35. The average Bonchev–Trinajstić information content (AvgIpc) is 2.84. The first-order valence-electron chi connectivity index (χ1n) is 6.61. The lowest BCUT2D eigenvalue weighted by atomic mass is 10.1. The second-order valence-corrected chi connectivity index (χ2v) is 8.25. The van der Waals surface area contributed by atoms with Gasteiger partial charge in [0.2, 0.25) is 0 Å². The largest absolute Gasteiger partial charge is 0.336 e. The average molecular weight is 312 g/mol. The summed E-state index contributed by atoms with van der Waals surface area (Å²) in [5.41, 5.74) is 0.666. The van der Waals surface area contributed by atoms with Gasteiger partial charge in [0.25, 0.3) is 0 Å². The molecule has 0 aliphatic carbocycles. The predicted molar refractivity (Wildman–Crippen MR) is 85.9 cm³/mol. The van der Waals surface area contributed by atoms with Gasteiger partial charge in [-0.05, 0) is 43.7 Å². The monoisotopic (exact) mass is 312 g/mol. The van der Waals surface area contributed by atoms with E-state index in [1.54, 1.807) is 30.5 Å². The summed E-state index contributed by atoms with van der Waals surface area (Å²) in [5, 5.41) is 5.70. The van der Waals surface area contributed by atoms with E-state index in [1.807, 2.05) is 11.8 Å². The van der Waals surface area contributed by atoms with Crippen LogP contribution in [0.1, 0.15) is 19.8 Å². The molecule has 2 unspecified atom stereocenters. The molecule has 20 heavy (non-hydrogen) atoms. The van der Waals surface area contributed by atoms with Crippen molar-refractivity contribution < 1.29 is 9.00 Å². The van der Waals surface area contributed by atoms with Gasteiger partial charge in [-0.2, -0.15) is 11.8 Å². The SMILES string of the molecule is CS(=O)c1cccc(NC(=O)NCC2(C)CCCS2)c1. The fraction of sp³-hybridized carbons (Fsp3) is 0.500. The number of anilines is 1. The molecule has 1 aromatic carbocycles. The highest BCUT2D eigenvalue weighted by atomic mass is 32.2. The molecule has 1 fully saturated rings. The first kappa shape index (κ1) is 15.4. The van der Waals surface area contributed by atoms with Gasteiger partial charge in [0.1, 0.15) is 0 Å². The number of rotatable bonds is 4. The molecule has 2 amide bonds. The topological polar surface area (TPSA) is 58.2 Å². The van der Waals surface area contributed by atoms with Crippen molar-refractivity contribution in [3.63, 3.8) is 0 Å². The van der Waals surface area contributed by atoms with Crippen molar-refractivity contribution in [2.24, 2.45) is 0 Å². The van der Waals surface area contributed by atoms with Gasteiger partial charge in [0.05, 0.1) is 0 Å². The molecule has 0 spiro atoms. The highest BCUT2D eigenvalue weighted by Gasteiger charge is 2.29. The molecule has 2 N–H and O–H groups in total. The molecule has 0 aromatic heterocycles. The standard InChI is InChI=1S/C14H20N2O2S2/c1-14(7-4-8-19-14)10-15-13(17)16-11-5-3-6-12(9-11)20(2)18/h3,5-6,9H,4,7-8,10H2,1-2H3,(H2,15,16,17). The molecular weight excluding hydrogens is 292 g/mol. The van der Waals surface area contributed by atoms with Gasteiger partial charge < -0.3 is 10.6 Å². The van der Waals surface area contributed by atoms with Gasteiger partial charge in [-0.1, -0.05) is 6.07 Å². The number of benzene rings is 1. The summed E-state index contributed by atoms with van der Waals surface area (Å²) >= 11 is 1.92. The van der Waals surface area contributed by atoms with Gasteiger partial charge in [-0.25, -0.2) is 4.79 Å². The Balaban J connectivity index is 1.88. The Morgan fingerprint density at radius 2 is 2.30 bits per heavy atom. The molecule has 4 nitrogen and oxygen atoms in total. The fourth-order valence-electron chi connectivity index (χ4n) is 2.17. The minimum Gasteiger partial charge on any atom is -0.336 e. The molecule has 1 heterocycles. The highest BCUT2D eigenvalue weighted by Crippen LogP contribution is 2.36. The maximum Gasteiger partial charge on any atom is 0.319 e. The minimum absolute atomic E-state index is 0.157. The van der Waals surface area contributed by atoms with E-state index in [4.69, 9.17) is 0 Å². The van der Waals surface area contributed by atoms with Crippen molar-refractivity contribution in [2.75, 3.05) is 23.9 Å². The number of carbonyl (C=O) groups is 1. The number of amides is 2. The van der Waals surface area contributed by atoms with Gasteiger partial charge in [-0.15, -0.1) is 0 Å². The predicted octanol–water partition coefficient (Wildman–Crippen LogP) is 2.83. The van der Waals surface area contributed by atoms with Crippen LogP contribution in [0.15, 0.2) is 29.2 Å². The second kappa shape index (κ2) is 6.63.